The van der Waals surface area contributed by atoms with E-state index >= 15 is 0 Å². The van der Waals surface area contributed by atoms with Crippen LogP contribution in [0.3, 0.4) is 0 Å². The summed E-state index contributed by atoms with van der Waals surface area (Å²) in [5, 5.41) is 6.93. The van der Waals surface area contributed by atoms with Crippen LogP contribution in [-0.2, 0) is 6.54 Å². The Kier molecular flexibility index (Phi) is 4.51. The van der Waals surface area contributed by atoms with E-state index in [1.807, 2.05) is 54.6 Å². The van der Waals surface area contributed by atoms with Gasteiger partial charge in [-0.05, 0) is 19.1 Å². The molecule has 0 aliphatic rings. The fourth-order valence-electron chi connectivity index (χ4n) is 2.22. The summed E-state index contributed by atoms with van der Waals surface area (Å²) in [4.78, 5) is 4.43. The summed E-state index contributed by atoms with van der Waals surface area (Å²) in [6.45, 7) is 2.78. The molecule has 0 aliphatic carbocycles. The van der Waals surface area contributed by atoms with Crippen molar-refractivity contribution in [3.05, 3.63) is 71.1 Å². The standard InChI is InChI=1S/C17H16ClN3O/c1-12(13-7-9-15(18)10-8-13)19-11-16-20-17(21-22-16)14-5-3-2-4-6-14/h2-10,12,19H,11H2,1H3/p+1/t12-/m1/s1. The third-order valence-corrected chi connectivity index (χ3v) is 3.79. The molecule has 0 amide bonds. The van der Waals surface area contributed by atoms with Crippen molar-refractivity contribution in [3.63, 3.8) is 0 Å². The summed E-state index contributed by atoms with van der Waals surface area (Å²) in [6.07, 6.45) is 0. The predicted molar refractivity (Wildman–Crippen MR) is 85.2 cm³/mol. The Balaban J connectivity index is 1.62. The van der Waals surface area contributed by atoms with Crippen LogP contribution in [-0.4, -0.2) is 10.1 Å². The lowest BCUT2D eigenvalue weighted by Gasteiger charge is -2.09. The van der Waals surface area contributed by atoms with Gasteiger partial charge >= 0.3 is 0 Å². The van der Waals surface area contributed by atoms with Crippen LogP contribution in [0.5, 0.6) is 0 Å². The highest BCUT2D eigenvalue weighted by molar-refractivity contribution is 6.30. The van der Waals surface area contributed by atoms with Crippen LogP contribution in [0.2, 0.25) is 5.02 Å². The maximum Gasteiger partial charge on any atom is 0.282 e. The van der Waals surface area contributed by atoms with Gasteiger partial charge in [0.15, 0.2) is 6.54 Å². The van der Waals surface area contributed by atoms with Gasteiger partial charge in [-0.25, -0.2) is 0 Å². The first-order chi connectivity index (χ1) is 10.7. The van der Waals surface area contributed by atoms with E-state index in [4.69, 9.17) is 16.1 Å². The maximum atomic E-state index is 5.91. The smallest absolute Gasteiger partial charge is 0.282 e. The Bertz CT molecular complexity index is 725. The zero-order valence-corrected chi connectivity index (χ0v) is 13.0. The molecular weight excluding hydrogens is 298 g/mol. The normalized spacial score (nSPS) is 12.3. The molecule has 3 rings (SSSR count). The fraction of sp³-hybridized carbons (Fsp3) is 0.176. The van der Waals surface area contributed by atoms with Gasteiger partial charge in [-0.3, -0.25) is 0 Å². The largest absolute Gasteiger partial charge is 0.333 e. The zero-order chi connectivity index (χ0) is 15.4. The molecule has 1 heterocycles. The molecule has 0 saturated carbocycles. The minimum absolute atomic E-state index is 0.296. The third-order valence-electron chi connectivity index (χ3n) is 3.54. The molecule has 3 aromatic rings. The Morgan fingerprint density at radius 2 is 1.82 bits per heavy atom. The molecule has 0 fully saturated rings. The van der Waals surface area contributed by atoms with Gasteiger partial charge in [-0.15, -0.1) is 0 Å². The van der Waals surface area contributed by atoms with Gasteiger partial charge in [0.25, 0.3) is 5.89 Å². The average Bonchev–Trinajstić information content (AvgIpc) is 3.03. The van der Waals surface area contributed by atoms with E-state index in [0.717, 1.165) is 10.6 Å². The minimum Gasteiger partial charge on any atom is -0.333 e. The molecule has 2 N–H and O–H groups in total. The lowest BCUT2D eigenvalue weighted by atomic mass is 10.1. The second-order valence-corrected chi connectivity index (χ2v) is 5.59. The van der Waals surface area contributed by atoms with Gasteiger partial charge in [-0.1, -0.05) is 59.2 Å². The predicted octanol–water partition coefficient (Wildman–Crippen LogP) is 3.21. The van der Waals surface area contributed by atoms with Gasteiger partial charge in [0, 0.05) is 16.1 Å². The van der Waals surface area contributed by atoms with Crippen LogP contribution in [0.15, 0.2) is 59.1 Å². The highest BCUT2D eigenvalue weighted by Gasteiger charge is 2.13. The summed E-state index contributed by atoms with van der Waals surface area (Å²) in [5.74, 6) is 1.25. The first kappa shape index (κ1) is 14.8. The number of halogens is 1. The van der Waals surface area contributed by atoms with Crippen molar-refractivity contribution in [2.75, 3.05) is 0 Å². The van der Waals surface area contributed by atoms with Crippen molar-refractivity contribution in [2.24, 2.45) is 0 Å². The summed E-state index contributed by atoms with van der Waals surface area (Å²) < 4.78 is 5.31. The van der Waals surface area contributed by atoms with Gasteiger partial charge in [0.05, 0.1) is 0 Å². The second-order valence-electron chi connectivity index (χ2n) is 5.16. The molecule has 1 aromatic heterocycles. The number of nitrogens with two attached hydrogens (primary N) is 1. The number of rotatable bonds is 5. The zero-order valence-electron chi connectivity index (χ0n) is 12.2. The lowest BCUT2D eigenvalue weighted by Crippen LogP contribution is -2.83. The van der Waals surface area contributed by atoms with Crippen molar-refractivity contribution in [3.8, 4) is 11.4 Å². The summed E-state index contributed by atoms with van der Waals surface area (Å²) in [5.41, 5.74) is 2.18. The second kappa shape index (κ2) is 6.73. The number of hydrogen-bond donors (Lipinski definition) is 1. The number of aromatic nitrogens is 2. The van der Waals surface area contributed by atoms with E-state index in [9.17, 15) is 0 Å². The summed E-state index contributed by atoms with van der Waals surface area (Å²) >= 11 is 5.91. The van der Waals surface area contributed by atoms with Gasteiger partial charge in [-0.2, -0.15) is 4.98 Å². The van der Waals surface area contributed by atoms with Crippen molar-refractivity contribution in [2.45, 2.75) is 19.5 Å². The van der Waals surface area contributed by atoms with Crippen molar-refractivity contribution in [1.29, 1.82) is 0 Å². The van der Waals surface area contributed by atoms with E-state index in [-0.39, 0.29) is 0 Å². The third kappa shape index (κ3) is 3.53. The molecular formula is C17H17ClN3O+. The molecule has 0 bridgehead atoms. The topological polar surface area (TPSA) is 55.5 Å². The first-order valence-corrected chi connectivity index (χ1v) is 7.57. The van der Waals surface area contributed by atoms with Crippen LogP contribution in [0.1, 0.15) is 24.4 Å². The number of nitrogens with zero attached hydrogens (tertiary/aromatic N) is 2. The van der Waals surface area contributed by atoms with Crippen molar-refractivity contribution in [1.82, 2.24) is 10.1 Å². The molecule has 0 unspecified atom stereocenters. The Labute approximate surface area is 134 Å². The van der Waals surface area contributed by atoms with Crippen LogP contribution >= 0.6 is 11.6 Å². The average molecular weight is 315 g/mol. The number of hydrogen-bond acceptors (Lipinski definition) is 3. The highest BCUT2D eigenvalue weighted by Crippen LogP contribution is 2.15. The van der Waals surface area contributed by atoms with E-state index < -0.39 is 0 Å². The van der Waals surface area contributed by atoms with Gasteiger partial charge < -0.3 is 9.84 Å². The van der Waals surface area contributed by atoms with E-state index in [2.05, 4.69) is 22.4 Å². The highest BCUT2D eigenvalue weighted by atomic mass is 35.5. The quantitative estimate of drug-likeness (QED) is 0.786. The Morgan fingerprint density at radius 3 is 2.55 bits per heavy atom. The number of quaternary nitrogens is 1. The summed E-state index contributed by atoms with van der Waals surface area (Å²) in [6, 6.07) is 18.0. The minimum atomic E-state index is 0.296. The van der Waals surface area contributed by atoms with E-state index in [1.165, 1.54) is 5.56 Å². The SMILES string of the molecule is C[C@@H]([NH2+]Cc1nc(-c2ccccc2)no1)c1ccc(Cl)cc1. The fourth-order valence-corrected chi connectivity index (χ4v) is 2.35. The lowest BCUT2D eigenvalue weighted by molar-refractivity contribution is -0.710. The summed E-state index contributed by atoms with van der Waals surface area (Å²) in [7, 11) is 0. The molecule has 112 valence electrons. The molecule has 4 nitrogen and oxygen atoms in total. The Hall–Kier alpha value is -2.17. The molecule has 0 aliphatic heterocycles. The molecule has 0 radical (unpaired) electrons. The molecule has 0 saturated heterocycles. The van der Waals surface area contributed by atoms with Gasteiger partial charge in [0.2, 0.25) is 5.82 Å². The van der Waals surface area contributed by atoms with E-state index in [1.54, 1.807) is 0 Å². The number of benzene rings is 2. The van der Waals surface area contributed by atoms with Crippen LogP contribution in [0.25, 0.3) is 11.4 Å². The van der Waals surface area contributed by atoms with Crippen LogP contribution in [0.4, 0.5) is 0 Å². The molecule has 0 spiro atoms. The first-order valence-electron chi connectivity index (χ1n) is 7.19. The monoisotopic (exact) mass is 314 g/mol. The van der Waals surface area contributed by atoms with Gasteiger partial charge in [0.1, 0.15) is 6.04 Å². The molecule has 5 heteroatoms. The van der Waals surface area contributed by atoms with E-state index in [0.29, 0.717) is 24.3 Å². The molecule has 22 heavy (non-hydrogen) atoms. The Morgan fingerprint density at radius 1 is 1.09 bits per heavy atom. The maximum absolute atomic E-state index is 5.91. The van der Waals surface area contributed by atoms with Crippen LogP contribution in [0, 0.1) is 0 Å². The van der Waals surface area contributed by atoms with Crippen molar-refractivity contribution < 1.29 is 9.84 Å². The molecule has 1 atom stereocenters. The van der Waals surface area contributed by atoms with Crippen LogP contribution < -0.4 is 5.32 Å². The van der Waals surface area contributed by atoms with Crippen molar-refractivity contribution >= 4 is 11.6 Å². The molecule has 2 aromatic carbocycles.